The highest BCUT2D eigenvalue weighted by Gasteiger charge is 2.21. The quantitative estimate of drug-likeness (QED) is 0.856. The molecule has 0 spiro atoms. The van der Waals surface area contributed by atoms with Gasteiger partial charge in [-0.3, -0.25) is 4.79 Å². The van der Waals surface area contributed by atoms with Gasteiger partial charge in [0.25, 0.3) is 0 Å². The van der Waals surface area contributed by atoms with Crippen molar-refractivity contribution in [2.24, 2.45) is 0 Å². The Morgan fingerprint density at radius 3 is 3.16 bits per heavy atom. The van der Waals surface area contributed by atoms with Crippen molar-refractivity contribution in [3.05, 3.63) is 40.9 Å². The summed E-state index contributed by atoms with van der Waals surface area (Å²) in [5.41, 5.74) is 0.882. The summed E-state index contributed by atoms with van der Waals surface area (Å²) in [6.07, 6.45) is 2.97. The highest BCUT2D eigenvalue weighted by molar-refractivity contribution is 6.30. The summed E-state index contributed by atoms with van der Waals surface area (Å²) in [5, 5.41) is 9.67. The molecule has 1 aromatic carbocycles. The van der Waals surface area contributed by atoms with Crippen LogP contribution in [0.15, 0.2) is 30.3 Å². The van der Waals surface area contributed by atoms with Crippen LogP contribution in [-0.2, 0) is 9.53 Å². The standard InChI is InChI=1S/C14H16ClNO3/c15-12-3-1-2-11(8-12)4-5-14(18)16-6-7-19-13(9-16)10-17/h1-5,8,13,17H,6-7,9-10H2/b5-4+. The molecule has 1 atom stereocenters. The summed E-state index contributed by atoms with van der Waals surface area (Å²) in [6.45, 7) is 1.37. The van der Waals surface area contributed by atoms with Crippen molar-refractivity contribution in [1.82, 2.24) is 4.90 Å². The summed E-state index contributed by atoms with van der Waals surface area (Å²) in [7, 11) is 0. The molecular weight excluding hydrogens is 266 g/mol. The molecule has 0 bridgehead atoms. The number of nitrogens with zero attached hydrogens (tertiary/aromatic N) is 1. The Labute approximate surface area is 117 Å². The number of amides is 1. The molecule has 19 heavy (non-hydrogen) atoms. The first kappa shape index (κ1) is 14.1. The van der Waals surface area contributed by atoms with Crippen LogP contribution in [0.2, 0.25) is 5.02 Å². The van der Waals surface area contributed by atoms with E-state index in [-0.39, 0.29) is 18.6 Å². The van der Waals surface area contributed by atoms with Gasteiger partial charge in [0.1, 0.15) is 0 Å². The summed E-state index contributed by atoms with van der Waals surface area (Å²) in [6, 6.07) is 7.30. The van der Waals surface area contributed by atoms with Crippen LogP contribution in [-0.4, -0.2) is 48.3 Å². The van der Waals surface area contributed by atoms with Crippen molar-refractivity contribution in [3.63, 3.8) is 0 Å². The molecule has 1 fully saturated rings. The van der Waals surface area contributed by atoms with E-state index in [4.69, 9.17) is 21.4 Å². The zero-order valence-electron chi connectivity index (χ0n) is 10.5. The maximum atomic E-state index is 12.0. The molecule has 0 aromatic heterocycles. The number of ether oxygens (including phenoxy) is 1. The molecule has 1 amide bonds. The lowest BCUT2D eigenvalue weighted by Gasteiger charge is -2.31. The van der Waals surface area contributed by atoms with E-state index in [2.05, 4.69) is 0 Å². The SMILES string of the molecule is O=C(/C=C/c1cccc(Cl)c1)N1CCOC(CO)C1. The van der Waals surface area contributed by atoms with Gasteiger partial charge in [-0.1, -0.05) is 23.7 Å². The van der Waals surface area contributed by atoms with Crippen molar-refractivity contribution in [3.8, 4) is 0 Å². The molecule has 1 N–H and O–H groups in total. The summed E-state index contributed by atoms with van der Waals surface area (Å²) in [4.78, 5) is 13.7. The van der Waals surface area contributed by atoms with Crippen LogP contribution in [0.1, 0.15) is 5.56 Å². The van der Waals surface area contributed by atoms with E-state index in [1.54, 1.807) is 23.1 Å². The molecular formula is C14H16ClNO3. The number of hydrogen-bond acceptors (Lipinski definition) is 3. The Bertz CT molecular complexity index is 476. The summed E-state index contributed by atoms with van der Waals surface area (Å²) in [5.74, 6) is -0.0817. The fraction of sp³-hybridized carbons (Fsp3) is 0.357. The monoisotopic (exact) mass is 281 g/mol. The van der Waals surface area contributed by atoms with E-state index in [1.807, 2.05) is 12.1 Å². The summed E-state index contributed by atoms with van der Waals surface area (Å²) >= 11 is 5.87. The number of aliphatic hydroxyl groups is 1. The Kier molecular flexibility index (Phi) is 4.96. The van der Waals surface area contributed by atoms with Crippen LogP contribution < -0.4 is 0 Å². The van der Waals surface area contributed by atoms with Crippen molar-refractivity contribution >= 4 is 23.6 Å². The molecule has 4 nitrogen and oxygen atoms in total. The molecule has 1 aliphatic rings. The molecule has 5 heteroatoms. The average molecular weight is 282 g/mol. The van der Waals surface area contributed by atoms with Gasteiger partial charge in [-0.25, -0.2) is 0 Å². The van der Waals surface area contributed by atoms with Crippen LogP contribution >= 0.6 is 11.6 Å². The maximum Gasteiger partial charge on any atom is 0.246 e. The first-order chi connectivity index (χ1) is 9.19. The minimum Gasteiger partial charge on any atom is -0.394 e. The molecule has 0 saturated carbocycles. The highest BCUT2D eigenvalue weighted by atomic mass is 35.5. The molecule has 1 saturated heterocycles. The normalized spacial score (nSPS) is 19.9. The number of morpholine rings is 1. The number of benzene rings is 1. The summed E-state index contributed by atoms with van der Waals surface area (Å²) < 4.78 is 5.30. The van der Waals surface area contributed by atoms with Crippen LogP contribution in [0.3, 0.4) is 0 Å². The van der Waals surface area contributed by atoms with Gasteiger partial charge in [0.15, 0.2) is 0 Å². The third kappa shape index (κ3) is 4.06. The van der Waals surface area contributed by atoms with Crippen LogP contribution in [0, 0.1) is 0 Å². The molecule has 102 valence electrons. The zero-order chi connectivity index (χ0) is 13.7. The highest BCUT2D eigenvalue weighted by Crippen LogP contribution is 2.12. The smallest absolute Gasteiger partial charge is 0.246 e. The Balaban J connectivity index is 1.96. The number of aliphatic hydroxyl groups excluding tert-OH is 1. The van der Waals surface area contributed by atoms with Crippen molar-refractivity contribution in [1.29, 1.82) is 0 Å². The third-order valence-electron chi connectivity index (χ3n) is 2.92. The van der Waals surface area contributed by atoms with E-state index in [0.29, 0.717) is 24.7 Å². The predicted octanol–water partition coefficient (Wildman–Crippen LogP) is 1.57. The van der Waals surface area contributed by atoms with Crippen molar-refractivity contribution in [2.75, 3.05) is 26.3 Å². The maximum absolute atomic E-state index is 12.0. The second-order valence-electron chi connectivity index (χ2n) is 4.35. The van der Waals surface area contributed by atoms with Crippen LogP contribution in [0.5, 0.6) is 0 Å². The lowest BCUT2D eigenvalue weighted by atomic mass is 10.2. The fourth-order valence-electron chi connectivity index (χ4n) is 1.91. The van der Waals surface area contributed by atoms with Gasteiger partial charge in [0, 0.05) is 24.2 Å². The van der Waals surface area contributed by atoms with E-state index in [9.17, 15) is 4.79 Å². The second-order valence-corrected chi connectivity index (χ2v) is 4.78. The van der Waals surface area contributed by atoms with E-state index in [0.717, 1.165) is 5.56 Å². The molecule has 2 rings (SSSR count). The van der Waals surface area contributed by atoms with Crippen LogP contribution in [0.25, 0.3) is 6.08 Å². The van der Waals surface area contributed by atoms with Gasteiger partial charge < -0.3 is 14.7 Å². The molecule has 1 aliphatic heterocycles. The minimum atomic E-state index is -0.280. The van der Waals surface area contributed by atoms with E-state index >= 15 is 0 Å². The Morgan fingerprint density at radius 2 is 2.42 bits per heavy atom. The average Bonchev–Trinajstić information content (AvgIpc) is 2.45. The Hall–Kier alpha value is -1.36. The zero-order valence-corrected chi connectivity index (χ0v) is 11.2. The van der Waals surface area contributed by atoms with Crippen molar-refractivity contribution < 1.29 is 14.6 Å². The Morgan fingerprint density at radius 1 is 1.58 bits per heavy atom. The lowest BCUT2D eigenvalue weighted by Crippen LogP contribution is -2.46. The largest absolute Gasteiger partial charge is 0.394 e. The number of halogens is 1. The predicted molar refractivity (Wildman–Crippen MR) is 73.9 cm³/mol. The van der Waals surface area contributed by atoms with Gasteiger partial charge in [-0.15, -0.1) is 0 Å². The number of hydrogen-bond donors (Lipinski definition) is 1. The first-order valence-electron chi connectivity index (χ1n) is 6.14. The van der Waals surface area contributed by atoms with E-state index < -0.39 is 0 Å². The fourth-order valence-corrected chi connectivity index (χ4v) is 2.11. The topological polar surface area (TPSA) is 49.8 Å². The number of carbonyl (C=O) groups is 1. The van der Waals surface area contributed by atoms with Gasteiger partial charge in [0.2, 0.25) is 5.91 Å². The van der Waals surface area contributed by atoms with Crippen LogP contribution in [0.4, 0.5) is 0 Å². The van der Waals surface area contributed by atoms with E-state index in [1.165, 1.54) is 6.08 Å². The molecule has 1 heterocycles. The number of rotatable bonds is 3. The molecule has 0 aliphatic carbocycles. The first-order valence-corrected chi connectivity index (χ1v) is 6.52. The second kappa shape index (κ2) is 6.70. The van der Waals surface area contributed by atoms with Gasteiger partial charge >= 0.3 is 0 Å². The lowest BCUT2D eigenvalue weighted by molar-refractivity contribution is -0.134. The molecule has 0 radical (unpaired) electrons. The van der Waals surface area contributed by atoms with Crippen molar-refractivity contribution in [2.45, 2.75) is 6.10 Å². The van der Waals surface area contributed by atoms with Gasteiger partial charge in [-0.2, -0.15) is 0 Å². The number of carbonyl (C=O) groups excluding carboxylic acids is 1. The minimum absolute atomic E-state index is 0.0677. The molecule has 1 aromatic rings. The third-order valence-corrected chi connectivity index (χ3v) is 3.16. The van der Waals surface area contributed by atoms with Gasteiger partial charge in [0.05, 0.1) is 19.3 Å². The van der Waals surface area contributed by atoms with Gasteiger partial charge in [-0.05, 0) is 23.8 Å². The molecule has 1 unspecified atom stereocenters.